The number of rotatable bonds is 4. The topological polar surface area (TPSA) is 59.1 Å². The van der Waals surface area contributed by atoms with Crippen LogP contribution in [0.15, 0.2) is 6.33 Å². The molecule has 2 heterocycles. The second-order valence-electron chi connectivity index (χ2n) is 3.91. The SMILES string of the molecule is CCc1ncnc(NCC2CNCCO2)c1F. The van der Waals surface area contributed by atoms with Crippen LogP contribution in [0.5, 0.6) is 0 Å². The molecule has 0 spiro atoms. The van der Waals surface area contributed by atoms with Crippen LogP contribution in [-0.2, 0) is 11.2 Å². The van der Waals surface area contributed by atoms with Gasteiger partial charge in [0.2, 0.25) is 0 Å². The number of aryl methyl sites for hydroxylation is 1. The van der Waals surface area contributed by atoms with Gasteiger partial charge >= 0.3 is 0 Å². The van der Waals surface area contributed by atoms with Gasteiger partial charge in [-0.05, 0) is 6.42 Å². The first-order chi connectivity index (χ1) is 8.31. The first kappa shape index (κ1) is 12.2. The third-order valence-corrected chi connectivity index (χ3v) is 2.70. The maximum Gasteiger partial charge on any atom is 0.186 e. The molecule has 6 heteroatoms. The van der Waals surface area contributed by atoms with Crippen LogP contribution in [0.2, 0.25) is 0 Å². The fraction of sp³-hybridized carbons (Fsp3) is 0.636. The van der Waals surface area contributed by atoms with Crippen LogP contribution < -0.4 is 10.6 Å². The summed E-state index contributed by atoms with van der Waals surface area (Å²) in [5.41, 5.74) is 0.435. The zero-order valence-electron chi connectivity index (χ0n) is 9.87. The molecule has 2 N–H and O–H groups in total. The summed E-state index contributed by atoms with van der Waals surface area (Å²) in [5.74, 6) is -0.107. The number of nitrogens with one attached hydrogen (secondary N) is 2. The summed E-state index contributed by atoms with van der Waals surface area (Å²) in [6, 6.07) is 0. The molecule has 1 fully saturated rings. The van der Waals surface area contributed by atoms with Crippen molar-refractivity contribution in [3.05, 3.63) is 17.8 Å². The Balaban J connectivity index is 1.93. The van der Waals surface area contributed by atoms with Crippen molar-refractivity contribution in [3.63, 3.8) is 0 Å². The molecular formula is C11H17FN4O. The van der Waals surface area contributed by atoms with Gasteiger partial charge in [-0.3, -0.25) is 0 Å². The Labute approximate surface area is 99.8 Å². The molecule has 0 saturated carbocycles. The zero-order chi connectivity index (χ0) is 12.1. The Bertz CT molecular complexity index is 368. The lowest BCUT2D eigenvalue weighted by molar-refractivity contribution is 0.0371. The molecule has 1 saturated heterocycles. The molecule has 1 atom stereocenters. The number of morpholine rings is 1. The van der Waals surface area contributed by atoms with Gasteiger partial charge in [-0.15, -0.1) is 0 Å². The van der Waals surface area contributed by atoms with Gasteiger partial charge in [-0.2, -0.15) is 0 Å². The number of anilines is 1. The minimum atomic E-state index is -0.362. The van der Waals surface area contributed by atoms with Crippen molar-refractivity contribution in [2.24, 2.45) is 0 Å². The van der Waals surface area contributed by atoms with Crippen LogP contribution in [0.4, 0.5) is 10.2 Å². The monoisotopic (exact) mass is 240 g/mol. The van der Waals surface area contributed by atoms with Crippen molar-refractivity contribution in [2.75, 3.05) is 31.6 Å². The van der Waals surface area contributed by atoms with Gasteiger partial charge in [0.25, 0.3) is 0 Å². The first-order valence-electron chi connectivity index (χ1n) is 5.86. The summed E-state index contributed by atoms with van der Waals surface area (Å²) in [7, 11) is 0. The number of hydrogen-bond donors (Lipinski definition) is 2. The van der Waals surface area contributed by atoms with Crippen LogP contribution >= 0.6 is 0 Å². The van der Waals surface area contributed by atoms with E-state index in [4.69, 9.17) is 4.74 Å². The van der Waals surface area contributed by atoms with Gasteiger partial charge in [-0.1, -0.05) is 6.92 Å². The van der Waals surface area contributed by atoms with Crippen LogP contribution in [0.25, 0.3) is 0 Å². The van der Waals surface area contributed by atoms with Crippen LogP contribution in [-0.4, -0.2) is 42.3 Å². The lowest BCUT2D eigenvalue weighted by Crippen LogP contribution is -2.42. The lowest BCUT2D eigenvalue weighted by Gasteiger charge is -2.24. The second kappa shape index (κ2) is 5.88. The summed E-state index contributed by atoms with van der Waals surface area (Å²) < 4.78 is 19.3. The van der Waals surface area contributed by atoms with E-state index in [0.717, 1.165) is 13.1 Å². The first-order valence-corrected chi connectivity index (χ1v) is 5.86. The molecule has 0 radical (unpaired) electrons. The molecule has 17 heavy (non-hydrogen) atoms. The van der Waals surface area contributed by atoms with Gasteiger partial charge in [-0.25, -0.2) is 14.4 Å². The van der Waals surface area contributed by atoms with Crippen LogP contribution in [0.3, 0.4) is 0 Å². The highest BCUT2D eigenvalue weighted by Crippen LogP contribution is 2.13. The predicted octanol–water partition coefficient (Wildman–Crippen LogP) is 0.578. The second-order valence-corrected chi connectivity index (χ2v) is 3.91. The van der Waals surface area contributed by atoms with E-state index in [1.165, 1.54) is 6.33 Å². The normalized spacial score (nSPS) is 20.2. The fourth-order valence-corrected chi connectivity index (χ4v) is 1.74. The van der Waals surface area contributed by atoms with E-state index in [0.29, 0.717) is 25.3 Å². The molecular weight excluding hydrogens is 223 g/mol. The van der Waals surface area contributed by atoms with E-state index in [1.807, 2.05) is 6.92 Å². The smallest absolute Gasteiger partial charge is 0.186 e. The van der Waals surface area contributed by atoms with Crippen LogP contribution in [0, 0.1) is 5.82 Å². The van der Waals surface area contributed by atoms with Gasteiger partial charge in [0.15, 0.2) is 11.6 Å². The summed E-state index contributed by atoms with van der Waals surface area (Å²) >= 11 is 0. The molecule has 1 aromatic heterocycles. The maximum atomic E-state index is 13.8. The largest absolute Gasteiger partial charge is 0.374 e. The number of aromatic nitrogens is 2. The molecule has 0 aliphatic carbocycles. The average molecular weight is 240 g/mol. The highest BCUT2D eigenvalue weighted by Gasteiger charge is 2.15. The molecule has 1 aliphatic heterocycles. The molecule has 5 nitrogen and oxygen atoms in total. The third kappa shape index (κ3) is 3.10. The highest BCUT2D eigenvalue weighted by atomic mass is 19.1. The van der Waals surface area contributed by atoms with Crippen molar-refractivity contribution in [1.29, 1.82) is 0 Å². The standard InChI is InChI=1S/C11H17FN4O/c1-2-9-10(12)11(16-7-15-9)14-6-8-5-13-3-4-17-8/h7-8,13H,2-6H2,1H3,(H,14,15,16). The van der Waals surface area contributed by atoms with Gasteiger partial charge < -0.3 is 15.4 Å². The number of hydrogen-bond acceptors (Lipinski definition) is 5. The van der Waals surface area contributed by atoms with Gasteiger partial charge in [0.1, 0.15) is 6.33 Å². The predicted molar refractivity (Wildman–Crippen MR) is 62.5 cm³/mol. The summed E-state index contributed by atoms with van der Waals surface area (Å²) in [4.78, 5) is 7.78. The maximum absolute atomic E-state index is 13.8. The molecule has 94 valence electrons. The Morgan fingerprint density at radius 1 is 1.59 bits per heavy atom. The Hall–Kier alpha value is -1.27. The van der Waals surface area contributed by atoms with E-state index in [1.54, 1.807) is 0 Å². The summed E-state index contributed by atoms with van der Waals surface area (Å²) in [6.45, 7) is 4.75. The van der Waals surface area contributed by atoms with Crippen molar-refractivity contribution in [1.82, 2.24) is 15.3 Å². The Morgan fingerprint density at radius 2 is 2.47 bits per heavy atom. The summed E-state index contributed by atoms with van der Waals surface area (Å²) in [6.07, 6.45) is 2.00. The molecule has 0 aromatic carbocycles. The van der Waals surface area contributed by atoms with E-state index in [2.05, 4.69) is 20.6 Å². The Kier molecular flexibility index (Phi) is 4.22. The minimum absolute atomic E-state index is 0.0585. The molecule has 2 rings (SSSR count). The van der Waals surface area contributed by atoms with Crippen molar-refractivity contribution >= 4 is 5.82 Å². The number of halogens is 1. The average Bonchev–Trinajstić information content (AvgIpc) is 2.39. The third-order valence-electron chi connectivity index (χ3n) is 2.70. The lowest BCUT2D eigenvalue weighted by atomic mass is 10.3. The van der Waals surface area contributed by atoms with E-state index >= 15 is 0 Å². The van der Waals surface area contributed by atoms with Crippen molar-refractivity contribution in [3.8, 4) is 0 Å². The number of nitrogens with zero attached hydrogens (tertiary/aromatic N) is 2. The molecule has 0 amide bonds. The van der Waals surface area contributed by atoms with Crippen LogP contribution in [0.1, 0.15) is 12.6 Å². The molecule has 1 unspecified atom stereocenters. The van der Waals surface area contributed by atoms with Crippen molar-refractivity contribution in [2.45, 2.75) is 19.4 Å². The zero-order valence-corrected chi connectivity index (χ0v) is 9.87. The van der Waals surface area contributed by atoms with Gasteiger partial charge in [0.05, 0.1) is 18.4 Å². The summed E-state index contributed by atoms with van der Waals surface area (Å²) in [5, 5.41) is 6.18. The molecule has 1 aromatic rings. The Morgan fingerprint density at radius 3 is 3.18 bits per heavy atom. The molecule has 0 bridgehead atoms. The number of ether oxygens (including phenoxy) is 1. The molecule has 1 aliphatic rings. The van der Waals surface area contributed by atoms with E-state index < -0.39 is 0 Å². The van der Waals surface area contributed by atoms with E-state index in [-0.39, 0.29) is 17.7 Å². The fourth-order valence-electron chi connectivity index (χ4n) is 1.74. The van der Waals surface area contributed by atoms with E-state index in [9.17, 15) is 4.39 Å². The minimum Gasteiger partial charge on any atom is -0.374 e. The van der Waals surface area contributed by atoms with Crippen molar-refractivity contribution < 1.29 is 9.13 Å². The quantitative estimate of drug-likeness (QED) is 0.806. The highest BCUT2D eigenvalue weighted by molar-refractivity contribution is 5.37. The van der Waals surface area contributed by atoms with Gasteiger partial charge in [0, 0.05) is 19.6 Å².